The first-order valence-electron chi connectivity index (χ1n) is 9.38. The molecule has 6 nitrogen and oxygen atoms in total. The van der Waals surface area contributed by atoms with Crippen molar-refractivity contribution in [2.24, 2.45) is 0 Å². The molecule has 156 valence electrons. The maximum Gasteiger partial charge on any atom is 0.324 e. The van der Waals surface area contributed by atoms with Gasteiger partial charge >= 0.3 is 6.03 Å². The average molecular weight is 445 g/mol. The molecule has 0 spiro atoms. The number of aromatic amines is 1. The molecule has 8 heteroatoms. The van der Waals surface area contributed by atoms with Crippen LogP contribution in [0.25, 0.3) is 0 Å². The van der Waals surface area contributed by atoms with Gasteiger partial charge in [-0.15, -0.1) is 11.6 Å². The van der Waals surface area contributed by atoms with Crippen molar-refractivity contribution in [3.63, 3.8) is 0 Å². The molecule has 0 aliphatic heterocycles. The molecule has 0 aliphatic carbocycles. The van der Waals surface area contributed by atoms with Crippen molar-refractivity contribution < 1.29 is 9.59 Å². The van der Waals surface area contributed by atoms with E-state index in [1.54, 1.807) is 54.7 Å². The van der Waals surface area contributed by atoms with Crippen LogP contribution in [-0.4, -0.2) is 46.2 Å². The van der Waals surface area contributed by atoms with Crippen molar-refractivity contribution >= 4 is 40.7 Å². The van der Waals surface area contributed by atoms with Crippen molar-refractivity contribution in [1.29, 1.82) is 0 Å². The fourth-order valence-electron chi connectivity index (χ4n) is 3.12. The Hall–Kier alpha value is -2.83. The third-order valence-electron chi connectivity index (χ3n) is 4.71. The summed E-state index contributed by atoms with van der Waals surface area (Å²) in [7, 11) is 1.69. The number of anilines is 1. The van der Waals surface area contributed by atoms with E-state index in [2.05, 4.69) is 9.97 Å². The number of nitrogens with zero attached hydrogens (tertiary/aromatic N) is 3. The Morgan fingerprint density at radius 1 is 1.17 bits per heavy atom. The van der Waals surface area contributed by atoms with Crippen LogP contribution in [0.15, 0.2) is 54.9 Å². The third-order valence-corrected chi connectivity index (χ3v) is 5.13. The molecule has 3 aromatic rings. The highest BCUT2D eigenvalue weighted by Gasteiger charge is 2.21. The van der Waals surface area contributed by atoms with Crippen molar-refractivity contribution in [3.8, 4) is 0 Å². The zero-order valence-corrected chi connectivity index (χ0v) is 18.2. The maximum absolute atomic E-state index is 13.0. The van der Waals surface area contributed by atoms with Crippen LogP contribution >= 0.6 is 23.2 Å². The number of carbonyl (C=O) groups excluding carboxylic acids is 2. The molecular formula is C22H22Cl2N4O2. The van der Waals surface area contributed by atoms with E-state index in [1.807, 2.05) is 19.1 Å². The van der Waals surface area contributed by atoms with Crippen LogP contribution in [0.5, 0.6) is 0 Å². The van der Waals surface area contributed by atoms with Crippen LogP contribution in [0.2, 0.25) is 5.02 Å². The van der Waals surface area contributed by atoms with Gasteiger partial charge in [0.1, 0.15) is 0 Å². The number of rotatable bonds is 7. The van der Waals surface area contributed by atoms with Gasteiger partial charge in [0.05, 0.1) is 24.1 Å². The fourth-order valence-corrected chi connectivity index (χ4v) is 3.45. The zero-order valence-electron chi connectivity index (χ0n) is 16.7. The summed E-state index contributed by atoms with van der Waals surface area (Å²) in [6.07, 6.45) is 3.28. The second-order valence-electron chi connectivity index (χ2n) is 6.85. The van der Waals surface area contributed by atoms with Gasteiger partial charge in [-0.05, 0) is 55.0 Å². The number of carbonyl (C=O) groups is 2. The number of aromatic nitrogens is 2. The maximum atomic E-state index is 13.0. The molecule has 0 bridgehead atoms. The van der Waals surface area contributed by atoms with Gasteiger partial charge in [0.2, 0.25) is 5.78 Å². The van der Waals surface area contributed by atoms with Gasteiger partial charge in [-0.1, -0.05) is 11.6 Å². The molecule has 0 unspecified atom stereocenters. The van der Waals surface area contributed by atoms with E-state index in [1.165, 1.54) is 4.90 Å². The highest BCUT2D eigenvalue weighted by molar-refractivity contribution is 6.30. The number of ketones is 1. The highest BCUT2D eigenvalue weighted by Crippen LogP contribution is 2.19. The monoisotopic (exact) mass is 444 g/mol. The quantitative estimate of drug-likeness (QED) is 0.416. The molecule has 0 radical (unpaired) electrons. The predicted molar refractivity (Wildman–Crippen MR) is 120 cm³/mol. The summed E-state index contributed by atoms with van der Waals surface area (Å²) in [5.41, 5.74) is 3.28. The molecule has 2 heterocycles. The Morgan fingerprint density at radius 2 is 1.90 bits per heavy atom. The molecular weight excluding hydrogens is 423 g/mol. The number of hydrogen-bond acceptors (Lipinski definition) is 3. The van der Waals surface area contributed by atoms with Crippen molar-refractivity contribution in [3.05, 3.63) is 82.4 Å². The van der Waals surface area contributed by atoms with Crippen LogP contribution in [0.4, 0.5) is 10.5 Å². The van der Waals surface area contributed by atoms with Gasteiger partial charge in [-0.2, -0.15) is 0 Å². The summed E-state index contributed by atoms with van der Waals surface area (Å²) < 4.78 is 0. The number of amides is 2. The number of hydrogen-bond donors (Lipinski definition) is 1. The number of halogens is 2. The Labute approximate surface area is 185 Å². The second-order valence-corrected chi connectivity index (χ2v) is 7.67. The SMILES string of the molecule is Cc1cc(CN(CCCl)C(=O)N(C)c2cccnc2)[nH]c1C(=O)c1ccc(Cl)cc1. The Morgan fingerprint density at radius 3 is 2.53 bits per heavy atom. The molecule has 0 aliphatic rings. The predicted octanol–water partition coefficient (Wildman–Crippen LogP) is 4.90. The molecule has 0 saturated heterocycles. The minimum atomic E-state index is -0.207. The molecule has 2 amide bonds. The van der Waals surface area contributed by atoms with Gasteiger partial charge in [-0.25, -0.2) is 4.79 Å². The van der Waals surface area contributed by atoms with E-state index < -0.39 is 0 Å². The van der Waals surface area contributed by atoms with Crippen molar-refractivity contribution in [1.82, 2.24) is 14.9 Å². The van der Waals surface area contributed by atoms with Gasteiger partial charge in [0.25, 0.3) is 0 Å². The lowest BCUT2D eigenvalue weighted by Crippen LogP contribution is -2.42. The summed E-state index contributed by atoms with van der Waals surface area (Å²) in [5.74, 6) is 0.168. The molecule has 30 heavy (non-hydrogen) atoms. The first kappa shape index (κ1) is 21.9. The van der Waals surface area contributed by atoms with E-state index >= 15 is 0 Å². The molecule has 0 atom stereocenters. The summed E-state index contributed by atoms with van der Waals surface area (Å²) in [5, 5.41) is 0.573. The number of H-pyrrole nitrogens is 1. The molecule has 1 N–H and O–H groups in total. The average Bonchev–Trinajstić information content (AvgIpc) is 3.13. The number of nitrogens with one attached hydrogen (secondary N) is 1. The second kappa shape index (κ2) is 9.78. The number of urea groups is 1. The zero-order chi connectivity index (χ0) is 21.7. The summed E-state index contributed by atoms with van der Waals surface area (Å²) in [4.78, 5) is 36.2. The minimum absolute atomic E-state index is 0.127. The lowest BCUT2D eigenvalue weighted by atomic mass is 10.1. The van der Waals surface area contributed by atoms with Gasteiger partial charge < -0.3 is 9.88 Å². The summed E-state index contributed by atoms with van der Waals surface area (Å²) >= 11 is 11.8. The van der Waals surface area contributed by atoms with E-state index in [4.69, 9.17) is 23.2 Å². The van der Waals surface area contributed by atoms with Crippen molar-refractivity contribution in [2.75, 3.05) is 24.4 Å². The highest BCUT2D eigenvalue weighted by atomic mass is 35.5. The number of aryl methyl sites for hydroxylation is 1. The standard InChI is InChI=1S/C22H22Cl2N4O2/c1-15-12-18(26-20(15)21(29)16-5-7-17(24)8-6-16)14-28(11-9-23)22(30)27(2)19-4-3-10-25-13-19/h3-8,10,12-13,26H,9,11,14H2,1-2H3. The van der Waals surface area contributed by atoms with E-state index in [0.29, 0.717) is 40.9 Å². The molecule has 3 rings (SSSR count). The molecule has 0 saturated carbocycles. The first-order chi connectivity index (χ1) is 14.4. The van der Waals surface area contributed by atoms with Crippen molar-refractivity contribution in [2.45, 2.75) is 13.5 Å². The Balaban J connectivity index is 1.79. The lowest BCUT2D eigenvalue weighted by Gasteiger charge is -2.27. The number of benzene rings is 1. The van der Waals surface area contributed by atoms with E-state index in [-0.39, 0.29) is 11.8 Å². The Kier molecular flexibility index (Phi) is 7.13. The van der Waals surface area contributed by atoms with Crippen LogP contribution in [-0.2, 0) is 6.54 Å². The topological polar surface area (TPSA) is 69.3 Å². The van der Waals surface area contributed by atoms with Crippen LogP contribution < -0.4 is 4.90 Å². The molecule has 2 aromatic heterocycles. The Bertz CT molecular complexity index is 1020. The minimum Gasteiger partial charge on any atom is -0.354 e. The number of alkyl halides is 1. The normalized spacial score (nSPS) is 10.7. The molecule has 0 fully saturated rings. The summed E-state index contributed by atoms with van der Waals surface area (Å²) in [6.45, 7) is 2.52. The van der Waals surface area contributed by atoms with Gasteiger partial charge in [0.15, 0.2) is 0 Å². The van der Waals surface area contributed by atoms with E-state index in [9.17, 15) is 9.59 Å². The third kappa shape index (κ3) is 5.01. The van der Waals surface area contributed by atoms with Gasteiger partial charge in [0, 0.05) is 41.9 Å². The van der Waals surface area contributed by atoms with Gasteiger partial charge in [-0.3, -0.25) is 14.7 Å². The van der Waals surface area contributed by atoms with E-state index in [0.717, 1.165) is 11.3 Å². The van der Waals surface area contributed by atoms with Crippen LogP contribution in [0.1, 0.15) is 27.3 Å². The van der Waals surface area contributed by atoms with Crippen LogP contribution in [0.3, 0.4) is 0 Å². The summed E-state index contributed by atoms with van der Waals surface area (Å²) in [6, 6.07) is 12.0. The first-order valence-corrected chi connectivity index (χ1v) is 10.3. The number of pyridine rings is 1. The van der Waals surface area contributed by atoms with Crippen LogP contribution in [0, 0.1) is 6.92 Å². The smallest absolute Gasteiger partial charge is 0.324 e. The largest absolute Gasteiger partial charge is 0.354 e. The molecule has 1 aromatic carbocycles. The fraction of sp³-hybridized carbons (Fsp3) is 0.227. The lowest BCUT2D eigenvalue weighted by molar-refractivity contribution is 0.103.